The zero-order chi connectivity index (χ0) is 13.8. The van der Waals surface area contributed by atoms with E-state index in [9.17, 15) is 5.11 Å². The molecule has 2 rings (SSSR count). The maximum Gasteiger partial charge on any atom is 0.137 e. The number of nitrogens with zero attached hydrogens (tertiary/aromatic N) is 2. The summed E-state index contributed by atoms with van der Waals surface area (Å²) in [6.07, 6.45) is 6.75. The number of allylic oxidation sites excluding steroid dienone is 4. The van der Waals surface area contributed by atoms with E-state index in [4.69, 9.17) is 11.6 Å². The van der Waals surface area contributed by atoms with Crippen LogP contribution in [-0.2, 0) is 6.61 Å². The molecule has 0 bridgehead atoms. The third kappa shape index (κ3) is 2.57. The molecule has 2 aromatic heterocycles. The third-order valence-electron chi connectivity index (χ3n) is 2.76. The number of pyridine rings is 2. The Hall–Kier alpha value is -1.97. The van der Waals surface area contributed by atoms with Crippen LogP contribution in [0.4, 0.5) is 0 Å². The van der Waals surface area contributed by atoms with Crippen LogP contribution in [0.15, 0.2) is 49.7 Å². The largest absolute Gasteiger partial charge is 0.390 e. The number of rotatable bonds is 4. The summed E-state index contributed by atoms with van der Waals surface area (Å²) in [5.41, 5.74) is 2.84. The van der Waals surface area contributed by atoms with Crippen molar-refractivity contribution < 1.29 is 5.11 Å². The van der Waals surface area contributed by atoms with E-state index in [1.807, 2.05) is 6.07 Å². The van der Waals surface area contributed by atoms with Crippen LogP contribution in [0.25, 0.3) is 16.5 Å². The topological polar surface area (TPSA) is 46.0 Å². The lowest BCUT2D eigenvalue weighted by molar-refractivity contribution is 0.278. The van der Waals surface area contributed by atoms with Gasteiger partial charge in [0, 0.05) is 17.1 Å². The minimum atomic E-state index is -0.144. The van der Waals surface area contributed by atoms with Gasteiger partial charge in [-0.2, -0.15) is 0 Å². The summed E-state index contributed by atoms with van der Waals surface area (Å²) < 4.78 is 0. The average molecular weight is 273 g/mol. The average Bonchev–Trinajstić information content (AvgIpc) is 2.43. The van der Waals surface area contributed by atoms with Crippen molar-refractivity contribution in [1.29, 1.82) is 0 Å². The summed E-state index contributed by atoms with van der Waals surface area (Å²) in [5.74, 6) is 0. The van der Waals surface area contributed by atoms with Crippen LogP contribution in [0.5, 0.6) is 0 Å². The van der Waals surface area contributed by atoms with Crippen molar-refractivity contribution in [2.75, 3.05) is 0 Å². The minimum absolute atomic E-state index is 0.144. The number of halogens is 1. The second-order valence-corrected chi connectivity index (χ2v) is 4.23. The highest BCUT2D eigenvalue weighted by atomic mass is 35.5. The molecule has 2 aromatic rings. The van der Waals surface area contributed by atoms with Gasteiger partial charge in [-0.15, -0.1) is 0 Å². The third-order valence-corrected chi connectivity index (χ3v) is 3.05. The lowest BCUT2D eigenvalue weighted by Gasteiger charge is -2.08. The predicted molar refractivity (Wildman–Crippen MR) is 78.8 cm³/mol. The molecule has 0 saturated carbocycles. The highest BCUT2D eigenvalue weighted by Crippen LogP contribution is 2.28. The minimum Gasteiger partial charge on any atom is -0.390 e. The lowest BCUT2D eigenvalue weighted by Crippen LogP contribution is -1.95. The monoisotopic (exact) mass is 272 g/mol. The van der Waals surface area contributed by atoms with Crippen LogP contribution >= 0.6 is 11.6 Å². The molecule has 96 valence electrons. The van der Waals surface area contributed by atoms with E-state index in [1.54, 1.807) is 30.5 Å². The number of aliphatic hydroxyl groups is 1. The maximum atomic E-state index is 9.32. The first-order valence-electron chi connectivity index (χ1n) is 5.71. The lowest BCUT2D eigenvalue weighted by atomic mass is 10.0. The van der Waals surface area contributed by atoms with Crippen LogP contribution in [0, 0.1) is 0 Å². The van der Waals surface area contributed by atoms with Crippen LogP contribution in [0.3, 0.4) is 0 Å². The number of aromatic nitrogens is 2. The normalized spacial score (nSPS) is 11.6. The first-order chi connectivity index (χ1) is 9.21. The van der Waals surface area contributed by atoms with Gasteiger partial charge < -0.3 is 5.11 Å². The van der Waals surface area contributed by atoms with Crippen molar-refractivity contribution in [1.82, 2.24) is 9.97 Å². The van der Waals surface area contributed by atoms with Gasteiger partial charge in [0.1, 0.15) is 5.15 Å². The quantitative estimate of drug-likeness (QED) is 0.684. The Morgan fingerprint density at radius 1 is 1.42 bits per heavy atom. The Balaban J connectivity index is 2.76. The fraction of sp³-hybridized carbons (Fsp3) is 0.0667. The van der Waals surface area contributed by atoms with Crippen molar-refractivity contribution in [3.05, 3.63) is 66.1 Å². The Morgan fingerprint density at radius 3 is 2.84 bits per heavy atom. The zero-order valence-corrected chi connectivity index (χ0v) is 11.1. The summed E-state index contributed by atoms with van der Waals surface area (Å²) in [7, 11) is 0. The molecule has 2 heterocycles. The SMILES string of the molecule is C=C/C=C(\C=C)c1cc2c(CO)nccc2nc1Cl. The maximum absolute atomic E-state index is 9.32. The van der Waals surface area contributed by atoms with Crippen molar-refractivity contribution in [3.63, 3.8) is 0 Å². The fourth-order valence-corrected chi connectivity index (χ4v) is 2.11. The Kier molecular flexibility index (Phi) is 4.10. The Morgan fingerprint density at radius 2 is 2.21 bits per heavy atom. The van der Waals surface area contributed by atoms with E-state index in [0.717, 1.165) is 16.5 Å². The van der Waals surface area contributed by atoms with Gasteiger partial charge in [0.25, 0.3) is 0 Å². The van der Waals surface area contributed by atoms with Crippen LogP contribution < -0.4 is 0 Å². The molecule has 0 aliphatic rings. The molecule has 0 aromatic carbocycles. The number of fused-ring (bicyclic) bond motifs is 1. The van der Waals surface area contributed by atoms with Crippen molar-refractivity contribution in [3.8, 4) is 0 Å². The van der Waals surface area contributed by atoms with Crippen molar-refractivity contribution >= 4 is 28.1 Å². The molecular weight excluding hydrogens is 260 g/mol. The van der Waals surface area contributed by atoms with Crippen LogP contribution in [-0.4, -0.2) is 15.1 Å². The molecule has 0 aliphatic heterocycles. The Labute approximate surface area is 116 Å². The molecule has 0 spiro atoms. The van der Waals surface area contributed by atoms with Gasteiger partial charge >= 0.3 is 0 Å². The molecule has 0 amide bonds. The van der Waals surface area contributed by atoms with Gasteiger partial charge in [-0.3, -0.25) is 4.98 Å². The van der Waals surface area contributed by atoms with Gasteiger partial charge in [-0.1, -0.05) is 43.0 Å². The number of aliphatic hydroxyl groups excluding tert-OH is 1. The van der Waals surface area contributed by atoms with Crippen molar-refractivity contribution in [2.24, 2.45) is 0 Å². The standard InChI is InChI=1S/C15H13ClN2O/c1-3-5-10(4-2)11-8-12-13(18-15(11)16)6-7-17-14(12)9-19/h3-8,19H,1-2,9H2/b10-5+. The Bertz CT molecular complexity index is 677. The summed E-state index contributed by atoms with van der Waals surface area (Å²) in [6, 6.07) is 3.62. The fourth-order valence-electron chi connectivity index (χ4n) is 1.85. The molecule has 0 unspecified atom stereocenters. The molecule has 3 nitrogen and oxygen atoms in total. The second-order valence-electron chi connectivity index (χ2n) is 3.87. The van der Waals surface area contributed by atoms with E-state index >= 15 is 0 Å². The van der Waals surface area contributed by atoms with Crippen LogP contribution in [0.2, 0.25) is 5.15 Å². The summed E-state index contributed by atoms with van der Waals surface area (Å²) >= 11 is 6.19. The molecule has 4 heteroatoms. The predicted octanol–water partition coefficient (Wildman–Crippen LogP) is 3.53. The van der Waals surface area contributed by atoms with E-state index < -0.39 is 0 Å². The van der Waals surface area contributed by atoms with E-state index in [2.05, 4.69) is 23.1 Å². The first-order valence-corrected chi connectivity index (χ1v) is 6.09. The molecular formula is C15H13ClN2O. The van der Waals surface area contributed by atoms with E-state index in [0.29, 0.717) is 16.4 Å². The smallest absolute Gasteiger partial charge is 0.137 e. The van der Waals surface area contributed by atoms with E-state index in [-0.39, 0.29) is 6.61 Å². The summed E-state index contributed by atoms with van der Waals surface area (Å²) in [4.78, 5) is 8.46. The van der Waals surface area contributed by atoms with Crippen LogP contribution in [0.1, 0.15) is 11.3 Å². The van der Waals surface area contributed by atoms with Gasteiger partial charge in [0.2, 0.25) is 0 Å². The molecule has 0 atom stereocenters. The summed E-state index contributed by atoms with van der Waals surface area (Å²) in [6.45, 7) is 7.27. The molecule has 0 fully saturated rings. The molecule has 0 radical (unpaired) electrons. The summed E-state index contributed by atoms with van der Waals surface area (Å²) in [5, 5.41) is 10.5. The van der Waals surface area contributed by atoms with Gasteiger partial charge in [0.15, 0.2) is 0 Å². The van der Waals surface area contributed by atoms with Crippen molar-refractivity contribution in [2.45, 2.75) is 6.61 Å². The molecule has 0 aliphatic carbocycles. The van der Waals surface area contributed by atoms with Gasteiger partial charge in [0.05, 0.1) is 17.8 Å². The van der Waals surface area contributed by atoms with Gasteiger partial charge in [-0.05, 0) is 17.7 Å². The highest BCUT2D eigenvalue weighted by Gasteiger charge is 2.10. The second kappa shape index (κ2) is 5.78. The van der Waals surface area contributed by atoms with Gasteiger partial charge in [-0.25, -0.2) is 4.98 Å². The number of hydrogen-bond donors (Lipinski definition) is 1. The van der Waals surface area contributed by atoms with E-state index in [1.165, 1.54) is 0 Å². The molecule has 0 saturated heterocycles. The molecule has 19 heavy (non-hydrogen) atoms. The number of hydrogen-bond acceptors (Lipinski definition) is 3. The first kappa shape index (κ1) is 13.5. The zero-order valence-electron chi connectivity index (χ0n) is 10.3. The highest BCUT2D eigenvalue weighted by molar-refractivity contribution is 6.31. The molecule has 1 N–H and O–H groups in total.